The lowest BCUT2D eigenvalue weighted by molar-refractivity contribution is -0.384. The second kappa shape index (κ2) is 9.06. The zero-order chi connectivity index (χ0) is 21.8. The minimum absolute atomic E-state index is 0.0384. The highest BCUT2D eigenvalue weighted by Gasteiger charge is 2.38. The summed E-state index contributed by atoms with van der Waals surface area (Å²) in [5.74, 6) is -0.108. The van der Waals surface area contributed by atoms with Crippen LogP contribution >= 0.6 is 24.0 Å². The van der Waals surface area contributed by atoms with Crippen LogP contribution in [0, 0.1) is 10.1 Å². The molecule has 0 bridgehead atoms. The number of benzene rings is 2. The number of methoxy groups -OCH3 is 1. The van der Waals surface area contributed by atoms with E-state index in [2.05, 4.69) is 5.32 Å². The number of nitro benzene ring substituents is 1. The molecule has 2 aromatic rings. The van der Waals surface area contributed by atoms with Gasteiger partial charge in [0.1, 0.15) is 16.1 Å². The number of nitrogens with zero attached hydrogens (tertiary/aromatic N) is 2. The molecule has 2 amide bonds. The zero-order valence-corrected chi connectivity index (χ0v) is 17.7. The summed E-state index contributed by atoms with van der Waals surface area (Å²) in [4.78, 5) is 37.3. The largest absolute Gasteiger partial charge is 0.497 e. The highest BCUT2D eigenvalue weighted by molar-refractivity contribution is 8.26. The van der Waals surface area contributed by atoms with Crippen LogP contribution in [0.25, 0.3) is 6.08 Å². The third-order valence-corrected chi connectivity index (χ3v) is 5.68. The lowest BCUT2D eigenvalue weighted by Gasteiger charge is -2.22. The topological polar surface area (TPSA) is 102 Å². The summed E-state index contributed by atoms with van der Waals surface area (Å²) in [5, 5.41) is 13.5. The molecule has 8 nitrogen and oxygen atoms in total. The van der Waals surface area contributed by atoms with E-state index in [9.17, 15) is 19.7 Å². The molecule has 3 rings (SSSR count). The van der Waals surface area contributed by atoms with Crippen molar-refractivity contribution < 1.29 is 19.2 Å². The molecule has 1 fully saturated rings. The first kappa shape index (κ1) is 21.5. The monoisotopic (exact) mass is 443 g/mol. The number of carbonyl (C=O) groups is 2. The maximum absolute atomic E-state index is 12.8. The molecule has 154 valence electrons. The molecule has 1 aliphatic heterocycles. The van der Waals surface area contributed by atoms with Gasteiger partial charge in [-0.2, -0.15) is 0 Å². The Hall–Kier alpha value is -3.24. The van der Waals surface area contributed by atoms with Gasteiger partial charge in [0.2, 0.25) is 5.91 Å². The lowest BCUT2D eigenvalue weighted by Crippen LogP contribution is -2.44. The van der Waals surface area contributed by atoms with Crippen molar-refractivity contribution in [3.05, 3.63) is 69.1 Å². The summed E-state index contributed by atoms with van der Waals surface area (Å²) in [7, 11) is 1.55. The number of hydrogen-bond acceptors (Lipinski definition) is 7. The van der Waals surface area contributed by atoms with Gasteiger partial charge in [0, 0.05) is 17.8 Å². The molecule has 0 aromatic heterocycles. The SMILES string of the molecule is COc1ccc(NC(=O)C(C)N2C(=O)/C(=C/c3ccc([N+](=O)[O-])cc3)SC2=S)cc1. The normalized spacial score (nSPS) is 15.9. The molecule has 0 spiro atoms. The molecule has 10 heteroatoms. The number of non-ortho nitro benzene ring substituents is 1. The van der Waals surface area contributed by atoms with Crippen LogP contribution in [0.3, 0.4) is 0 Å². The molecule has 1 N–H and O–H groups in total. The fraction of sp³-hybridized carbons (Fsp3) is 0.150. The van der Waals surface area contributed by atoms with Gasteiger partial charge in [-0.15, -0.1) is 0 Å². The number of amides is 2. The predicted molar refractivity (Wildman–Crippen MR) is 119 cm³/mol. The molecule has 1 atom stereocenters. The number of rotatable bonds is 6. The standard InChI is InChI=1S/C20H17N3O5S2/c1-12(18(24)21-14-5-9-16(28-2)10-6-14)22-19(25)17(30-20(22)29)11-13-3-7-15(8-4-13)23(26)27/h3-12H,1-2H3,(H,21,24)/b17-11-. The summed E-state index contributed by atoms with van der Waals surface area (Å²) in [6.45, 7) is 1.60. The summed E-state index contributed by atoms with van der Waals surface area (Å²) in [6, 6.07) is 11.8. The van der Waals surface area contributed by atoms with Crippen molar-refractivity contribution in [3.8, 4) is 5.75 Å². The number of thiocarbonyl (C=S) groups is 1. The molecule has 0 aliphatic carbocycles. The highest BCUT2D eigenvalue weighted by Crippen LogP contribution is 2.34. The van der Waals surface area contributed by atoms with Gasteiger partial charge < -0.3 is 10.1 Å². The van der Waals surface area contributed by atoms with Crippen molar-refractivity contribution in [1.82, 2.24) is 4.90 Å². The molecule has 1 unspecified atom stereocenters. The Morgan fingerprint density at radius 3 is 2.43 bits per heavy atom. The molecule has 1 heterocycles. The minimum Gasteiger partial charge on any atom is -0.497 e. The molecule has 0 saturated carbocycles. The maximum Gasteiger partial charge on any atom is 0.269 e. The molecule has 1 aliphatic rings. The van der Waals surface area contributed by atoms with Crippen LogP contribution in [0.1, 0.15) is 12.5 Å². The van der Waals surface area contributed by atoms with Crippen LogP contribution in [0.4, 0.5) is 11.4 Å². The summed E-state index contributed by atoms with van der Waals surface area (Å²) in [6.07, 6.45) is 1.59. The second-order valence-electron chi connectivity index (χ2n) is 6.29. The Kier molecular flexibility index (Phi) is 6.48. The minimum atomic E-state index is -0.817. The summed E-state index contributed by atoms with van der Waals surface area (Å²) in [5.41, 5.74) is 1.15. The van der Waals surface area contributed by atoms with E-state index >= 15 is 0 Å². The molecule has 0 radical (unpaired) electrons. The smallest absolute Gasteiger partial charge is 0.269 e. The van der Waals surface area contributed by atoms with E-state index < -0.39 is 11.0 Å². The van der Waals surface area contributed by atoms with Crippen molar-refractivity contribution in [2.45, 2.75) is 13.0 Å². The lowest BCUT2D eigenvalue weighted by atomic mass is 10.2. The van der Waals surface area contributed by atoms with Crippen LogP contribution in [-0.4, -0.2) is 39.1 Å². The Balaban J connectivity index is 1.72. The van der Waals surface area contributed by atoms with Gasteiger partial charge in [-0.05, 0) is 55.0 Å². The van der Waals surface area contributed by atoms with Gasteiger partial charge in [0.05, 0.1) is 16.9 Å². The Morgan fingerprint density at radius 1 is 1.23 bits per heavy atom. The molecular formula is C20H17N3O5S2. The third kappa shape index (κ3) is 4.66. The van der Waals surface area contributed by atoms with E-state index in [0.717, 1.165) is 11.8 Å². The van der Waals surface area contributed by atoms with Gasteiger partial charge in [0.15, 0.2) is 0 Å². The molecular weight excluding hydrogens is 426 g/mol. The maximum atomic E-state index is 12.8. The first-order valence-corrected chi connectivity index (χ1v) is 9.99. The van der Waals surface area contributed by atoms with E-state index in [-0.39, 0.29) is 21.8 Å². The van der Waals surface area contributed by atoms with Crippen LogP contribution in [0.2, 0.25) is 0 Å². The van der Waals surface area contributed by atoms with Crippen molar-refractivity contribution in [2.24, 2.45) is 0 Å². The van der Waals surface area contributed by atoms with Crippen LogP contribution in [0.5, 0.6) is 5.75 Å². The molecule has 1 saturated heterocycles. The van der Waals surface area contributed by atoms with E-state index in [1.807, 2.05) is 0 Å². The zero-order valence-electron chi connectivity index (χ0n) is 16.0. The Morgan fingerprint density at radius 2 is 1.87 bits per heavy atom. The van der Waals surface area contributed by atoms with Crippen LogP contribution < -0.4 is 10.1 Å². The average Bonchev–Trinajstić information content (AvgIpc) is 3.01. The average molecular weight is 444 g/mol. The molecule has 2 aromatic carbocycles. The Bertz CT molecular complexity index is 1040. The van der Waals surface area contributed by atoms with Crippen molar-refractivity contribution in [1.29, 1.82) is 0 Å². The van der Waals surface area contributed by atoms with Gasteiger partial charge in [-0.3, -0.25) is 24.6 Å². The van der Waals surface area contributed by atoms with E-state index in [1.165, 1.54) is 17.0 Å². The number of anilines is 1. The molecule has 30 heavy (non-hydrogen) atoms. The van der Waals surface area contributed by atoms with Crippen LogP contribution in [-0.2, 0) is 9.59 Å². The Labute approximate surface area is 182 Å². The van der Waals surface area contributed by atoms with Gasteiger partial charge in [-0.1, -0.05) is 24.0 Å². The highest BCUT2D eigenvalue weighted by atomic mass is 32.2. The number of nitrogens with one attached hydrogen (secondary N) is 1. The number of hydrogen-bond donors (Lipinski definition) is 1. The van der Waals surface area contributed by atoms with E-state index in [4.69, 9.17) is 17.0 Å². The fourth-order valence-corrected chi connectivity index (χ4v) is 4.11. The third-order valence-electron chi connectivity index (χ3n) is 4.35. The van der Waals surface area contributed by atoms with Gasteiger partial charge >= 0.3 is 0 Å². The van der Waals surface area contributed by atoms with Gasteiger partial charge in [-0.25, -0.2) is 0 Å². The van der Waals surface area contributed by atoms with Crippen molar-refractivity contribution in [2.75, 3.05) is 12.4 Å². The van der Waals surface area contributed by atoms with E-state index in [0.29, 0.717) is 21.9 Å². The first-order chi connectivity index (χ1) is 14.3. The second-order valence-corrected chi connectivity index (χ2v) is 7.97. The van der Waals surface area contributed by atoms with Crippen LogP contribution in [0.15, 0.2) is 53.4 Å². The number of ether oxygens (including phenoxy) is 1. The summed E-state index contributed by atoms with van der Waals surface area (Å²) >= 11 is 6.38. The van der Waals surface area contributed by atoms with Crippen molar-refractivity contribution in [3.63, 3.8) is 0 Å². The van der Waals surface area contributed by atoms with Gasteiger partial charge in [0.25, 0.3) is 11.6 Å². The van der Waals surface area contributed by atoms with Crippen molar-refractivity contribution >= 4 is 57.6 Å². The quantitative estimate of drug-likeness (QED) is 0.313. The summed E-state index contributed by atoms with van der Waals surface area (Å²) < 4.78 is 5.35. The number of carbonyl (C=O) groups excluding carboxylic acids is 2. The fourth-order valence-electron chi connectivity index (χ4n) is 2.70. The predicted octanol–water partition coefficient (Wildman–Crippen LogP) is 3.83. The first-order valence-electron chi connectivity index (χ1n) is 8.76. The number of nitro groups is 1. The van der Waals surface area contributed by atoms with E-state index in [1.54, 1.807) is 56.5 Å². The number of thioether (sulfide) groups is 1.